The molecule has 15 heavy (non-hydrogen) atoms. The molecule has 2 heterocycles. The third-order valence-electron chi connectivity index (χ3n) is 2.51. The Labute approximate surface area is 88.6 Å². The number of hydrogen-bond donors (Lipinski definition) is 0. The van der Waals surface area contributed by atoms with Gasteiger partial charge in [-0.2, -0.15) is 0 Å². The number of carbonyl (C=O) groups excluding carboxylic acids is 1. The van der Waals surface area contributed by atoms with Gasteiger partial charge in [-0.25, -0.2) is 4.98 Å². The van der Waals surface area contributed by atoms with E-state index in [1.807, 2.05) is 0 Å². The van der Waals surface area contributed by atoms with Gasteiger partial charge in [0.2, 0.25) is 0 Å². The molecule has 4 nitrogen and oxygen atoms in total. The number of Topliss-reactive ketones (excluding diaryl/α,β-unsaturated/α-hetero) is 1. The van der Waals surface area contributed by atoms with Crippen LogP contribution >= 0.6 is 0 Å². The predicted molar refractivity (Wildman–Crippen MR) is 53.7 cm³/mol. The van der Waals surface area contributed by atoms with Crippen molar-refractivity contribution in [3.05, 3.63) is 17.8 Å². The Kier molecular flexibility index (Phi) is 3.16. The summed E-state index contributed by atoms with van der Waals surface area (Å²) in [5, 5.41) is 0. The van der Waals surface area contributed by atoms with E-state index < -0.39 is 0 Å². The second-order valence-electron chi connectivity index (χ2n) is 3.97. The molecule has 0 aromatic carbocycles. The molecule has 1 aliphatic rings. The van der Waals surface area contributed by atoms with Crippen molar-refractivity contribution < 1.29 is 13.9 Å². The van der Waals surface area contributed by atoms with Crippen molar-refractivity contribution in [1.29, 1.82) is 0 Å². The monoisotopic (exact) mass is 209 g/mol. The number of aromatic nitrogens is 1. The van der Waals surface area contributed by atoms with E-state index in [2.05, 4.69) is 4.98 Å². The minimum Gasteiger partial charge on any atom is -0.448 e. The highest BCUT2D eigenvalue weighted by Gasteiger charge is 2.21. The van der Waals surface area contributed by atoms with Crippen LogP contribution in [0.5, 0.6) is 0 Å². The fraction of sp³-hybridized carbons (Fsp3) is 0.636. The van der Waals surface area contributed by atoms with Gasteiger partial charge in [0, 0.05) is 6.61 Å². The van der Waals surface area contributed by atoms with Crippen LogP contribution < -0.4 is 0 Å². The van der Waals surface area contributed by atoms with Gasteiger partial charge < -0.3 is 9.15 Å². The number of oxazole rings is 1. The summed E-state index contributed by atoms with van der Waals surface area (Å²) >= 11 is 0. The molecule has 0 spiro atoms. The summed E-state index contributed by atoms with van der Waals surface area (Å²) < 4.78 is 10.7. The molecule has 1 aliphatic heterocycles. The molecule has 0 amide bonds. The fourth-order valence-corrected chi connectivity index (χ4v) is 1.78. The Morgan fingerprint density at radius 2 is 2.53 bits per heavy atom. The van der Waals surface area contributed by atoms with Crippen molar-refractivity contribution in [2.45, 2.75) is 32.1 Å². The predicted octanol–water partition coefficient (Wildman–Crippen LogP) is 1.70. The van der Waals surface area contributed by atoms with E-state index >= 15 is 0 Å². The van der Waals surface area contributed by atoms with Crippen LogP contribution in [0, 0.1) is 0 Å². The highest BCUT2D eigenvalue weighted by molar-refractivity contribution is 5.77. The van der Waals surface area contributed by atoms with Crippen molar-refractivity contribution in [2.24, 2.45) is 0 Å². The molecule has 1 aromatic rings. The minimum atomic E-state index is 0.106. The maximum atomic E-state index is 10.9. The Bertz CT molecular complexity index is 339. The Morgan fingerprint density at radius 3 is 3.20 bits per heavy atom. The van der Waals surface area contributed by atoms with Gasteiger partial charge in [0.25, 0.3) is 0 Å². The maximum Gasteiger partial charge on any atom is 0.199 e. The molecule has 82 valence electrons. The van der Waals surface area contributed by atoms with Crippen LogP contribution in [0.3, 0.4) is 0 Å². The lowest BCUT2D eigenvalue weighted by Crippen LogP contribution is -2.15. The molecular formula is C11H15NO3. The molecule has 1 atom stereocenters. The van der Waals surface area contributed by atoms with Gasteiger partial charge in [-0.15, -0.1) is 0 Å². The number of ether oxygens (including phenoxy) is 1. The number of rotatable bonds is 3. The highest BCUT2D eigenvalue weighted by atomic mass is 16.5. The Morgan fingerprint density at radius 1 is 1.67 bits per heavy atom. The molecule has 1 unspecified atom stereocenters. The second kappa shape index (κ2) is 4.57. The largest absolute Gasteiger partial charge is 0.448 e. The zero-order valence-electron chi connectivity index (χ0n) is 8.86. The zero-order chi connectivity index (χ0) is 10.7. The third kappa shape index (κ3) is 2.65. The molecule has 1 aromatic heterocycles. The molecule has 0 aliphatic carbocycles. The van der Waals surface area contributed by atoms with Crippen molar-refractivity contribution >= 4 is 5.78 Å². The van der Waals surface area contributed by atoms with E-state index in [9.17, 15) is 4.79 Å². The molecule has 1 fully saturated rings. The van der Waals surface area contributed by atoms with Crippen LogP contribution in [0.15, 0.2) is 10.7 Å². The summed E-state index contributed by atoms with van der Waals surface area (Å²) in [6.45, 7) is 3.07. The number of ketones is 1. The Hall–Kier alpha value is -1.16. The first-order valence-corrected chi connectivity index (χ1v) is 5.27. The van der Waals surface area contributed by atoms with Gasteiger partial charge >= 0.3 is 0 Å². The van der Waals surface area contributed by atoms with Gasteiger partial charge in [-0.05, 0) is 19.8 Å². The van der Waals surface area contributed by atoms with Crippen LogP contribution in [0.1, 0.15) is 37.3 Å². The smallest absolute Gasteiger partial charge is 0.199 e. The first-order chi connectivity index (χ1) is 7.25. The lowest BCUT2D eigenvalue weighted by molar-refractivity contribution is -0.116. The summed E-state index contributed by atoms with van der Waals surface area (Å²) in [5.41, 5.74) is 0.725. The van der Waals surface area contributed by atoms with Crippen LogP contribution in [-0.2, 0) is 16.0 Å². The SMILES string of the molecule is CC(=O)Cc1coc(C2CCCOC2)n1. The summed E-state index contributed by atoms with van der Waals surface area (Å²) in [7, 11) is 0. The van der Waals surface area contributed by atoms with Crippen molar-refractivity contribution in [2.75, 3.05) is 13.2 Å². The molecule has 0 radical (unpaired) electrons. The van der Waals surface area contributed by atoms with E-state index in [1.165, 1.54) is 0 Å². The average molecular weight is 209 g/mol. The highest BCUT2D eigenvalue weighted by Crippen LogP contribution is 2.24. The van der Waals surface area contributed by atoms with Crippen LogP contribution in [-0.4, -0.2) is 24.0 Å². The molecule has 1 saturated heterocycles. The number of nitrogens with zero attached hydrogens (tertiary/aromatic N) is 1. The first-order valence-electron chi connectivity index (χ1n) is 5.27. The van der Waals surface area contributed by atoms with Gasteiger partial charge in [0.15, 0.2) is 5.89 Å². The maximum absolute atomic E-state index is 10.9. The first kappa shape index (κ1) is 10.4. The van der Waals surface area contributed by atoms with Gasteiger partial charge in [-0.1, -0.05) is 0 Å². The quantitative estimate of drug-likeness (QED) is 0.760. The molecule has 0 N–H and O–H groups in total. The van der Waals surface area contributed by atoms with E-state index in [0.29, 0.717) is 18.9 Å². The summed E-state index contributed by atoms with van der Waals surface area (Å²) in [4.78, 5) is 15.2. The molecule has 2 rings (SSSR count). The normalized spacial score (nSPS) is 21.5. The van der Waals surface area contributed by atoms with Crippen LogP contribution in [0.4, 0.5) is 0 Å². The lowest BCUT2D eigenvalue weighted by atomic mass is 10.0. The fourth-order valence-electron chi connectivity index (χ4n) is 1.78. The summed E-state index contributed by atoms with van der Waals surface area (Å²) in [6.07, 6.45) is 4.04. The van der Waals surface area contributed by atoms with E-state index in [0.717, 1.165) is 25.1 Å². The van der Waals surface area contributed by atoms with Crippen LogP contribution in [0.25, 0.3) is 0 Å². The number of carbonyl (C=O) groups is 1. The Balaban J connectivity index is 2.02. The minimum absolute atomic E-state index is 0.106. The van der Waals surface area contributed by atoms with Crippen molar-refractivity contribution in [3.63, 3.8) is 0 Å². The molecule has 4 heteroatoms. The lowest BCUT2D eigenvalue weighted by Gasteiger charge is -2.18. The zero-order valence-corrected chi connectivity index (χ0v) is 8.86. The topological polar surface area (TPSA) is 52.3 Å². The van der Waals surface area contributed by atoms with E-state index in [-0.39, 0.29) is 11.7 Å². The number of hydrogen-bond acceptors (Lipinski definition) is 4. The van der Waals surface area contributed by atoms with Gasteiger partial charge in [-0.3, -0.25) is 4.79 Å². The van der Waals surface area contributed by atoms with Crippen molar-refractivity contribution in [1.82, 2.24) is 4.98 Å². The standard InChI is InChI=1S/C11H15NO3/c1-8(13)5-10-7-15-11(12-10)9-3-2-4-14-6-9/h7,9H,2-6H2,1H3. The summed E-state index contributed by atoms with van der Waals surface area (Å²) in [5.74, 6) is 1.08. The molecule has 0 bridgehead atoms. The van der Waals surface area contributed by atoms with Gasteiger partial charge in [0.1, 0.15) is 12.0 Å². The van der Waals surface area contributed by atoms with Crippen molar-refractivity contribution in [3.8, 4) is 0 Å². The van der Waals surface area contributed by atoms with Gasteiger partial charge in [0.05, 0.1) is 24.6 Å². The average Bonchev–Trinajstić information content (AvgIpc) is 2.67. The van der Waals surface area contributed by atoms with E-state index in [1.54, 1.807) is 13.2 Å². The molecular weight excluding hydrogens is 194 g/mol. The third-order valence-corrected chi connectivity index (χ3v) is 2.51. The summed E-state index contributed by atoms with van der Waals surface area (Å²) in [6, 6.07) is 0. The second-order valence-corrected chi connectivity index (χ2v) is 3.97. The van der Waals surface area contributed by atoms with Crippen LogP contribution in [0.2, 0.25) is 0 Å². The van der Waals surface area contributed by atoms with E-state index in [4.69, 9.17) is 9.15 Å². The molecule has 0 saturated carbocycles.